The maximum Gasteiger partial charge on any atom is 0.449 e. The van der Waals surface area contributed by atoms with E-state index in [0.29, 0.717) is 21.0 Å². The number of fused-ring (bicyclic) bond motifs is 1. The minimum absolute atomic E-state index is 0.0742. The molecule has 0 fully saturated rings. The summed E-state index contributed by atoms with van der Waals surface area (Å²) in [6, 6.07) is 6.17. The zero-order chi connectivity index (χ0) is 16.6. The molecule has 0 unspecified atom stereocenters. The van der Waals surface area contributed by atoms with Gasteiger partial charge in [0.15, 0.2) is 5.49 Å². The van der Waals surface area contributed by atoms with E-state index in [1.807, 2.05) is 0 Å². The van der Waals surface area contributed by atoms with Crippen LogP contribution in [0.1, 0.15) is 0 Å². The van der Waals surface area contributed by atoms with E-state index < -0.39 is 17.5 Å². The van der Waals surface area contributed by atoms with Gasteiger partial charge in [-0.05, 0) is 23.9 Å². The molecular formula is C13H10F3N5S2. The lowest BCUT2D eigenvalue weighted by molar-refractivity contribution is -0.0624. The monoisotopic (exact) mass is 357 g/mol. The van der Waals surface area contributed by atoms with Crippen molar-refractivity contribution >= 4 is 44.8 Å². The van der Waals surface area contributed by atoms with Crippen LogP contribution in [-0.2, 0) is 0 Å². The largest absolute Gasteiger partial charge is 0.449 e. The number of benzene rings is 1. The summed E-state index contributed by atoms with van der Waals surface area (Å²) in [4.78, 5) is 8.47. The molecule has 0 spiro atoms. The predicted octanol–water partition coefficient (Wildman–Crippen LogP) is 3.10. The summed E-state index contributed by atoms with van der Waals surface area (Å²) in [6.07, 6.45) is -4.86. The van der Waals surface area contributed by atoms with Gasteiger partial charge in [-0.3, -0.25) is 20.4 Å². The third kappa shape index (κ3) is 3.13. The highest BCUT2D eigenvalue weighted by Gasteiger charge is 2.37. The molecule has 23 heavy (non-hydrogen) atoms. The Labute approximate surface area is 137 Å². The minimum Gasteiger partial charge on any atom is -0.282 e. The van der Waals surface area contributed by atoms with Crippen molar-refractivity contribution in [3.05, 3.63) is 29.8 Å². The second kappa shape index (κ2) is 6.00. The van der Waals surface area contributed by atoms with Crippen molar-refractivity contribution < 1.29 is 13.2 Å². The lowest BCUT2D eigenvalue weighted by Gasteiger charge is -2.16. The summed E-state index contributed by atoms with van der Waals surface area (Å²) >= 11 is 2.54. The fourth-order valence-corrected chi connectivity index (χ4v) is 3.93. The molecule has 1 aromatic heterocycles. The zero-order valence-corrected chi connectivity index (χ0v) is 13.1. The highest BCUT2D eigenvalue weighted by atomic mass is 32.2. The molecular weight excluding hydrogens is 347 g/mol. The van der Waals surface area contributed by atoms with Gasteiger partial charge in [-0.2, -0.15) is 13.2 Å². The molecule has 2 aromatic rings. The van der Waals surface area contributed by atoms with E-state index in [0.717, 1.165) is 17.5 Å². The molecule has 0 saturated heterocycles. The molecule has 1 aromatic carbocycles. The zero-order valence-electron chi connectivity index (χ0n) is 11.5. The van der Waals surface area contributed by atoms with Crippen molar-refractivity contribution in [2.75, 3.05) is 12.3 Å². The van der Waals surface area contributed by atoms with Gasteiger partial charge in [0.2, 0.25) is 5.84 Å². The summed E-state index contributed by atoms with van der Waals surface area (Å²) in [5, 5.41) is 15.6. The second-order valence-electron chi connectivity index (χ2n) is 4.53. The molecule has 3 rings (SSSR count). The van der Waals surface area contributed by atoms with Crippen LogP contribution in [0.3, 0.4) is 0 Å². The van der Waals surface area contributed by atoms with Crippen LogP contribution >= 0.6 is 23.5 Å². The Hall–Kier alpha value is -1.81. The van der Waals surface area contributed by atoms with Crippen molar-refractivity contribution in [3.8, 4) is 0 Å². The van der Waals surface area contributed by atoms with Crippen molar-refractivity contribution in [2.24, 2.45) is 4.99 Å². The number of aromatic nitrogens is 2. The van der Waals surface area contributed by atoms with E-state index in [2.05, 4.69) is 9.98 Å². The van der Waals surface area contributed by atoms with Crippen molar-refractivity contribution in [3.63, 3.8) is 0 Å². The number of para-hydroxylation sites is 2. The minimum atomic E-state index is -4.86. The van der Waals surface area contributed by atoms with E-state index in [9.17, 15) is 13.2 Å². The molecule has 0 bridgehead atoms. The SMILES string of the molecule is N=C(n1c(=N)c(SC2=NCCS2)nc2ccccc21)C(F)(F)F. The summed E-state index contributed by atoms with van der Waals surface area (Å²) in [6.45, 7) is 0.645. The molecule has 10 heteroatoms. The number of hydrogen-bond donors (Lipinski definition) is 2. The molecule has 2 heterocycles. The quantitative estimate of drug-likeness (QED) is 0.608. The Morgan fingerprint density at radius 1 is 1.30 bits per heavy atom. The Bertz CT molecular complexity index is 872. The van der Waals surface area contributed by atoms with E-state index in [-0.39, 0.29) is 10.5 Å². The van der Waals surface area contributed by atoms with Crippen LogP contribution in [-0.4, -0.2) is 38.2 Å². The van der Waals surface area contributed by atoms with Gasteiger partial charge in [0.05, 0.1) is 17.6 Å². The number of aliphatic imine (C=N–C) groups is 1. The van der Waals surface area contributed by atoms with E-state index in [4.69, 9.17) is 10.8 Å². The van der Waals surface area contributed by atoms with Crippen LogP contribution in [0.5, 0.6) is 0 Å². The fraction of sp³-hybridized carbons (Fsp3) is 0.231. The number of halogens is 3. The number of nitrogens with one attached hydrogen (secondary N) is 2. The van der Waals surface area contributed by atoms with Gasteiger partial charge in [-0.15, -0.1) is 0 Å². The van der Waals surface area contributed by atoms with Gasteiger partial charge in [-0.1, -0.05) is 23.9 Å². The van der Waals surface area contributed by atoms with Gasteiger partial charge in [0.1, 0.15) is 9.40 Å². The Kier molecular flexibility index (Phi) is 4.19. The van der Waals surface area contributed by atoms with Crippen LogP contribution in [0.25, 0.3) is 11.0 Å². The maximum atomic E-state index is 13.0. The van der Waals surface area contributed by atoms with Crippen molar-refractivity contribution in [1.82, 2.24) is 9.55 Å². The van der Waals surface area contributed by atoms with Gasteiger partial charge >= 0.3 is 6.18 Å². The molecule has 0 radical (unpaired) electrons. The van der Waals surface area contributed by atoms with Crippen LogP contribution in [0.4, 0.5) is 13.2 Å². The molecule has 120 valence electrons. The van der Waals surface area contributed by atoms with E-state index in [1.165, 1.54) is 17.8 Å². The fourth-order valence-electron chi connectivity index (χ4n) is 2.02. The van der Waals surface area contributed by atoms with Crippen LogP contribution < -0.4 is 5.49 Å². The number of alkyl halides is 3. The van der Waals surface area contributed by atoms with Crippen LogP contribution in [0.2, 0.25) is 0 Å². The van der Waals surface area contributed by atoms with E-state index >= 15 is 0 Å². The number of thioether (sulfide) groups is 2. The molecule has 0 saturated carbocycles. The number of hydrogen-bond acceptors (Lipinski definition) is 6. The average molecular weight is 357 g/mol. The van der Waals surface area contributed by atoms with Crippen molar-refractivity contribution in [1.29, 1.82) is 10.8 Å². The average Bonchev–Trinajstić information content (AvgIpc) is 3.00. The Morgan fingerprint density at radius 3 is 2.70 bits per heavy atom. The van der Waals surface area contributed by atoms with Gasteiger partial charge < -0.3 is 0 Å². The molecule has 0 aliphatic carbocycles. The highest BCUT2D eigenvalue weighted by Crippen LogP contribution is 2.27. The molecule has 5 nitrogen and oxygen atoms in total. The summed E-state index contributed by atoms with van der Waals surface area (Å²) in [7, 11) is 0. The van der Waals surface area contributed by atoms with Crippen LogP contribution in [0, 0.1) is 10.8 Å². The first-order valence-corrected chi connectivity index (χ1v) is 8.26. The van der Waals surface area contributed by atoms with E-state index in [1.54, 1.807) is 18.2 Å². The Morgan fingerprint density at radius 2 is 2.04 bits per heavy atom. The highest BCUT2D eigenvalue weighted by molar-refractivity contribution is 8.39. The smallest absolute Gasteiger partial charge is 0.282 e. The molecule has 2 N–H and O–H groups in total. The number of rotatable bonds is 1. The van der Waals surface area contributed by atoms with Gasteiger partial charge in [0.25, 0.3) is 0 Å². The normalized spacial score (nSPS) is 15.0. The summed E-state index contributed by atoms with van der Waals surface area (Å²) in [5.74, 6) is -0.800. The summed E-state index contributed by atoms with van der Waals surface area (Å²) < 4.78 is 40.2. The topological polar surface area (TPSA) is 77.9 Å². The lowest BCUT2D eigenvalue weighted by Crippen LogP contribution is -2.38. The first-order valence-electron chi connectivity index (χ1n) is 6.45. The third-order valence-electron chi connectivity index (χ3n) is 3.00. The maximum absolute atomic E-state index is 13.0. The van der Waals surface area contributed by atoms with Gasteiger partial charge in [0, 0.05) is 5.75 Å². The first kappa shape index (κ1) is 16.1. The standard InChI is InChI=1S/C13H10F3N5S2/c14-13(15,16)11(18)21-8-4-2-1-3-7(8)20-10(9(21)17)23-12-19-5-6-22-12/h1-4,17-18H,5-6H2. The first-order chi connectivity index (χ1) is 10.9. The third-order valence-corrected chi connectivity index (χ3v) is 5.15. The predicted molar refractivity (Wildman–Crippen MR) is 85.4 cm³/mol. The summed E-state index contributed by atoms with van der Waals surface area (Å²) in [5.41, 5.74) is -0.0972. The second-order valence-corrected chi connectivity index (χ2v) is 6.85. The molecule has 1 aliphatic heterocycles. The lowest BCUT2D eigenvalue weighted by atomic mass is 10.3. The van der Waals surface area contributed by atoms with Gasteiger partial charge in [-0.25, -0.2) is 4.98 Å². The van der Waals surface area contributed by atoms with Crippen molar-refractivity contribution in [2.45, 2.75) is 11.2 Å². The van der Waals surface area contributed by atoms with Crippen LogP contribution in [0.15, 0.2) is 34.3 Å². The number of nitrogens with zero attached hydrogens (tertiary/aromatic N) is 3. The molecule has 0 amide bonds. The Balaban J connectivity index is 2.21. The molecule has 0 atom stereocenters. The molecule has 1 aliphatic rings.